The fraction of sp³-hybridized carbons (Fsp3) is 0.368. The molecule has 0 spiro atoms. The third-order valence-electron chi connectivity index (χ3n) is 4.73. The lowest BCUT2D eigenvalue weighted by Gasteiger charge is -2.31. The van der Waals surface area contributed by atoms with Gasteiger partial charge < -0.3 is 5.11 Å². The van der Waals surface area contributed by atoms with E-state index in [1.165, 1.54) is 12.1 Å². The van der Waals surface area contributed by atoms with Crippen LogP contribution in [0.2, 0.25) is 0 Å². The molecule has 4 nitrogen and oxygen atoms in total. The Hall–Kier alpha value is -2.41. The maximum atomic E-state index is 12.8. The fourth-order valence-electron chi connectivity index (χ4n) is 3.47. The number of benzene rings is 1. The number of halogens is 3. The van der Waals surface area contributed by atoms with Gasteiger partial charge in [-0.1, -0.05) is 18.2 Å². The van der Waals surface area contributed by atoms with Crippen molar-refractivity contribution < 1.29 is 23.1 Å². The maximum Gasteiger partial charge on any atom is 0.416 e. The molecule has 0 saturated carbocycles. The number of likely N-dealkylation sites (tertiary alicyclic amines) is 1. The number of nitrogens with zero attached hydrogens (tertiary/aromatic N) is 2. The summed E-state index contributed by atoms with van der Waals surface area (Å²) in [5.41, 5.74) is 0.722. The number of alkyl halides is 3. The third-order valence-corrected chi connectivity index (χ3v) is 4.73. The lowest BCUT2D eigenvalue weighted by Crippen LogP contribution is -2.39. The van der Waals surface area contributed by atoms with Crippen LogP contribution in [0.25, 0.3) is 0 Å². The van der Waals surface area contributed by atoms with Crippen molar-refractivity contribution in [2.45, 2.75) is 37.5 Å². The van der Waals surface area contributed by atoms with Gasteiger partial charge in [0.25, 0.3) is 0 Å². The SMILES string of the molecule is O=C(O)C1CCCN1C(Cc1ccccn1)c1ccc(C(F)(F)F)cc1. The number of hydrogen-bond acceptors (Lipinski definition) is 3. The Labute approximate surface area is 149 Å². The smallest absolute Gasteiger partial charge is 0.416 e. The number of rotatable bonds is 5. The minimum Gasteiger partial charge on any atom is -0.480 e. The number of aromatic nitrogens is 1. The van der Waals surface area contributed by atoms with Crippen molar-refractivity contribution in [1.82, 2.24) is 9.88 Å². The Morgan fingerprint density at radius 1 is 1.23 bits per heavy atom. The Bertz CT molecular complexity index is 748. The summed E-state index contributed by atoms with van der Waals surface area (Å²) in [5.74, 6) is -0.902. The number of carbonyl (C=O) groups is 1. The molecule has 1 aliphatic rings. The first-order valence-electron chi connectivity index (χ1n) is 8.42. The predicted octanol–water partition coefficient (Wildman–Crippen LogP) is 3.93. The van der Waals surface area contributed by atoms with Crippen LogP contribution in [0.1, 0.15) is 35.7 Å². The molecule has 2 atom stereocenters. The first kappa shape index (κ1) is 18.4. The summed E-state index contributed by atoms with van der Waals surface area (Å²) in [5, 5.41) is 9.49. The highest BCUT2D eigenvalue weighted by Crippen LogP contribution is 2.34. The molecule has 2 heterocycles. The van der Waals surface area contributed by atoms with E-state index in [0.717, 1.165) is 24.2 Å². The second-order valence-corrected chi connectivity index (χ2v) is 6.39. The molecule has 1 aliphatic heterocycles. The van der Waals surface area contributed by atoms with Crippen LogP contribution < -0.4 is 0 Å². The van der Waals surface area contributed by atoms with E-state index in [1.54, 1.807) is 12.3 Å². The summed E-state index contributed by atoms with van der Waals surface area (Å²) in [6.07, 6.45) is -1.02. The van der Waals surface area contributed by atoms with Gasteiger partial charge >= 0.3 is 12.1 Å². The molecule has 3 rings (SSSR count). The first-order valence-corrected chi connectivity index (χ1v) is 8.42. The molecular formula is C19H19F3N2O2. The molecular weight excluding hydrogens is 345 g/mol. The van der Waals surface area contributed by atoms with Gasteiger partial charge in [-0.25, -0.2) is 0 Å². The average molecular weight is 364 g/mol. The second kappa shape index (κ2) is 7.45. The van der Waals surface area contributed by atoms with Gasteiger partial charge in [0.1, 0.15) is 6.04 Å². The summed E-state index contributed by atoms with van der Waals surface area (Å²) in [4.78, 5) is 17.7. The van der Waals surface area contributed by atoms with Crippen molar-refractivity contribution in [2.24, 2.45) is 0 Å². The highest BCUT2D eigenvalue weighted by atomic mass is 19.4. The number of carboxylic acids is 1. The van der Waals surface area contributed by atoms with E-state index < -0.39 is 23.8 Å². The van der Waals surface area contributed by atoms with Crippen molar-refractivity contribution in [1.29, 1.82) is 0 Å². The molecule has 1 saturated heterocycles. The molecule has 0 aliphatic carbocycles. The number of hydrogen-bond donors (Lipinski definition) is 1. The average Bonchev–Trinajstić information content (AvgIpc) is 3.10. The van der Waals surface area contributed by atoms with Gasteiger partial charge in [-0.05, 0) is 49.2 Å². The van der Waals surface area contributed by atoms with Crippen LogP contribution in [-0.2, 0) is 17.4 Å². The Balaban J connectivity index is 1.93. The third kappa shape index (κ3) is 4.04. The van der Waals surface area contributed by atoms with Crippen molar-refractivity contribution in [2.75, 3.05) is 6.54 Å². The molecule has 26 heavy (non-hydrogen) atoms. The molecule has 0 radical (unpaired) electrons. The van der Waals surface area contributed by atoms with Crippen molar-refractivity contribution in [3.05, 3.63) is 65.5 Å². The number of aliphatic carboxylic acids is 1. The van der Waals surface area contributed by atoms with Gasteiger partial charge in [0, 0.05) is 24.4 Å². The van der Waals surface area contributed by atoms with Crippen molar-refractivity contribution in [3.63, 3.8) is 0 Å². The molecule has 2 aromatic rings. The molecule has 138 valence electrons. The van der Waals surface area contributed by atoms with Gasteiger partial charge in [-0.3, -0.25) is 14.7 Å². The zero-order valence-corrected chi connectivity index (χ0v) is 14.0. The van der Waals surface area contributed by atoms with E-state index in [-0.39, 0.29) is 6.04 Å². The van der Waals surface area contributed by atoms with E-state index in [1.807, 2.05) is 17.0 Å². The Morgan fingerprint density at radius 3 is 2.54 bits per heavy atom. The van der Waals surface area contributed by atoms with Gasteiger partial charge in [-0.15, -0.1) is 0 Å². The van der Waals surface area contributed by atoms with Gasteiger partial charge in [-0.2, -0.15) is 13.2 Å². The van der Waals surface area contributed by atoms with Crippen molar-refractivity contribution in [3.8, 4) is 0 Å². The Morgan fingerprint density at radius 2 is 1.96 bits per heavy atom. The standard InChI is InChI=1S/C19H19F3N2O2/c20-19(21,22)14-8-6-13(7-9-14)17(12-15-4-1-2-10-23-15)24-11-3-5-16(24)18(25)26/h1-2,4,6-10,16-17H,3,5,11-12H2,(H,25,26). The van der Waals surface area contributed by atoms with E-state index in [9.17, 15) is 23.1 Å². The quantitative estimate of drug-likeness (QED) is 0.873. The van der Waals surface area contributed by atoms with Crippen LogP contribution in [-0.4, -0.2) is 33.5 Å². The first-order chi connectivity index (χ1) is 12.4. The highest BCUT2D eigenvalue weighted by molar-refractivity contribution is 5.74. The fourth-order valence-corrected chi connectivity index (χ4v) is 3.47. The molecule has 0 bridgehead atoms. The normalized spacial score (nSPS) is 19.4. The summed E-state index contributed by atoms with van der Waals surface area (Å²) in [6, 6.07) is 9.46. The molecule has 2 unspecified atom stereocenters. The number of pyridine rings is 1. The molecule has 1 aromatic carbocycles. The Kier molecular flexibility index (Phi) is 5.27. The summed E-state index contributed by atoms with van der Waals surface area (Å²) in [6.45, 7) is 0.593. The summed E-state index contributed by atoms with van der Waals surface area (Å²) >= 11 is 0. The topological polar surface area (TPSA) is 53.4 Å². The van der Waals surface area contributed by atoms with E-state index in [4.69, 9.17) is 0 Å². The molecule has 1 N–H and O–H groups in total. The maximum absolute atomic E-state index is 12.8. The number of carboxylic acid groups (broad SMARTS) is 1. The largest absolute Gasteiger partial charge is 0.480 e. The van der Waals surface area contributed by atoms with E-state index in [0.29, 0.717) is 24.9 Å². The summed E-state index contributed by atoms with van der Waals surface area (Å²) in [7, 11) is 0. The van der Waals surface area contributed by atoms with Crippen LogP contribution in [0.3, 0.4) is 0 Å². The summed E-state index contributed by atoms with van der Waals surface area (Å²) < 4.78 is 38.5. The molecule has 1 aromatic heterocycles. The monoisotopic (exact) mass is 364 g/mol. The van der Waals surface area contributed by atoms with Crippen LogP contribution in [0.4, 0.5) is 13.2 Å². The van der Waals surface area contributed by atoms with Gasteiger partial charge in [0.2, 0.25) is 0 Å². The minimum absolute atomic E-state index is 0.337. The van der Waals surface area contributed by atoms with Crippen molar-refractivity contribution >= 4 is 5.97 Å². The van der Waals surface area contributed by atoms with Gasteiger partial charge in [0.15, 0.2) is 0 Å². The zero-order valence-electron chi connectivity index (χ0n) is 14.0. The second-order valence-electron chi connectivity index (χ2n) is 6.39. The van der Waals surface area contributed by atoms with Crippen LogP contribution in [0.15, 0.2) is 48.7 Å². The van der Waals surface area contributed by atoms with E-state index >= 15 is 0 Å². The molecule has 7 heteroatoms. The van der Waals surface area contributed by atoms with Gasteiger partial charge in [0.05, 0.1) is 5.56 Å². The highest BCUT2D eigenvalue weighted by Gasteiger charge is 2.37. The van der Waals surface area contributed by atoms with E-state index in [2.05, 4.69) is 4.98 Å². The minimum atomic E-state index is -4.40. The lowest BCUT2D eigenvalue weighted by molar-refractivity contribution is -0.143. The lowest BCUT2D eigenvalue weighted by atomic mass is 9.97. The van der Waals surface area contributed by atoms with Crippen LogP contribution in [0.5, 0.6) is 0 Å². The van der Waals surface area contributed by atoms with Crippen LogP contribution in [0, 0.1) is 0 Å². The molecule has 1 fully saturated rings. The predicted molar refractivity (Wildman–Crippen MR) is 89.5 cm³/mol. The van der Waals surface area contributed by atoms with Crippen LogP contribution >= 0.6 is 0 Å². The zero-order chi connectivity index (χ0) is 18.7. The molecule has 0 amide bonds.